The number of carbonyl (C=O) groups is 2. The number of nitrogens with one attached hydrogen (secondary N) is 1. The molecule has 2 fully saturated rings. The number of ketones is 1. The minimum absolute atomic E-state index is 0.0644. The molecular formula is C23H29N3O3. The standard InChI is InChI=1S/C23H29N3O3/c1-15-13-19(16(2)26(15)18-7-8-18)22(28)14-25-11-9-17(10-12-25)23(29)24-20-5-3-4-6-21(20)27/h3-6,13,17-18,27H,7-12,14H2,1-2H3,(H,24,29). The number of phenols is 1. The molecule has 0 unspecified atom stereocenters. The van der Waals surface area contributed by atoms with E-state index in [0.29, 0.717) is 31.1 Å². The van der Waals surface area contributed by atoms with Gasteiger partial charge in [0.15, 0.2) is 5.78 Å². The molecule has 1 saturated heterocycles. The summed E-state index contributed by atoms with van der Waals surface area (Å²) in [6, 6.07) is 9.37. The Morgan fingerprint density at radius 1 is 1.10 bits per heavy atom. The predicted molar refractivity (Wildman–Crippen MR) is 112 cm³/mol. The molecule has 29 heavy (non-hydrogen) atoms. The summed E-state index contributed by atoms with van der Waals surface area (Å²) in [6.45, 7) is 5.99. The number of amides is 1. The topological polar surface area (TPSA) is 74.6 Å². The first kappa shape index (κ1) is 19.7. The van der Waals surface area contributed by atoms with Crippen LogP contribution in [0.1, 0.15) is 53.5 Å². The number of aromatic hydroxyl groups is 1. The Labute approximate surface area is 171 Å². The molecule has 1 amide bonds. The lowest BCUT2D eigenvalue weighted by Crippen LogP contribution is -2.40. The second kappa shape index (κ2) is 8.03. The number of likely N-dealkylation sites (tertiary alicyclic amines) is 1. The lowest BCUT2D eigenvalue weighted by molar-refractivity contribution is -0.121. The summed E-state index contributed by atoms with van der Waals surface area (Å²) < 4.78 is 2.31. The summed E-state index contributed by atoms with van der Waals surface area (Å²) in [6.07, 6.45) is 3.85. The van der Waals surface area contributed by atoms with E-state index in [1.807, 2.05) is 13.0 Å². The fourth-order valence-corrected chi connectivity index (χ4v) is 4.41. The van der Waals surface area contributed by atoms with E-state index >= 15 is 0 Å². The molecule has 1 aliphatic heterocycles. The highest BCUT2D eigenvalue weighted by atomic mass is 16.3. The fourth-order valence-electron chi connectivity index (χ4n) is 4.41. The second-order valence-corrected chi connectivity index (χ2v) is 8.37. The minimum Gasteiger partial charge on any atom is -0.506 e. The lowest BCUT2D eigenvalue weighted by atomic mass is 9.95. The zero-order chi connectivity index (χ0) is 20.5. The highest BCUT2D eigenvalue weighted by molar-refractivity contribution is 5.99. The summed E-state index contributed by atoms with van der Waals surface area (Å²) >= 11 is 0. The van der Waals surface area contributed by atoms with Gasteiger partial charge in [-0.25, -0.2) is 0 Å². The molecule has 154 valence electrons. The largest absolute Gasteiger partial charge is 0.506 e. The molecule has 2 N–H and O–H groups in total. The number of carbonyl (C=O) groups excluding carboxylic acids is 2. The van der Waals surface area contributed by atoms with Crippen LogP contribution in [0.2, 0.25) is 0 Å². The molecule has 0 atom stereocenters. The Balaban J connectivity index is 1.31. The number of phenolic OH excluding ortho intramolecular Hbond substituents is 1. The maximum atomic E-state index is 12.9. The third kappa shape index (κ3) is 4.22. The molecular weight excluding hydrogens is 366 g/mol. The van der Waals surface area contributed by atoms with Crippen LogP contribution < -0.4 is 5.32 Å². The number of aryl methyl sites for hydroxylation is 1. The molecule has 0 bridgehead atoms. The van der Waals surface area contributed by atoms with Crippen molar-refractivity contribution >= 4 is 17.4 Å². The van der Waals surface area contributed by atoms with Crippen LogP contribution in [-0.4, -0.2) is 45.9 Å². The molecule has 2 heterocycles. The number of aromatic nitrogens is 1. The third-order valence-corrected chi connectivity index (χ3v) is 6.18. The van der Waals surface area contributed by atoms with Crippen molar-refractivity contribution in [2.24, 2.45) is 5.92 Å². The molecule has 0 radical (unpaired) electrons. The summed E-state index contributed by atoms with van der Waals surface area (Å²) in [5, 5.41) is 12.6. The van der Waals surface area contributed by atoms with E-state index in [1.54, 1.807) is 24.3 Å². The van der Waals surface area contributed by atoms with Crippen molar-refractivity contribution in [1.82, 2.24) is 9.47 Å². The van der Waals surface area contributed by atoms with E-state index in [4.69, 9.17) is 0 Å². The summed E-state index contributed by atoms with van der Waals surface area (Å²) in [4.78, 5) is 27.5. The van der Waals surface area contributed by atoms with E-state index < -0.39 is 0 Å². The van der Waals surface area contributed by atoms with Gasteiger partial charge in [-0.05, 0) is 70.8 Å². The number of piperidine rings is 1. The maximum absolute atomic E-state index is 12.9. The SMILES string of the molecule is Cc1cc(C(=O)CN2CCC(C(=O)Nc3ccccc3O)CC2)c(C)n1C1CC1. The first-order valence-corrected chi connectivity index (χ1v) is 10.5. The fraction of sp³-hybridized carbons (Fsp3) is 0.478. The van der Waals surface area contributed by atoms with Gasteiger partial charge < -0.3 is 15.0 Å². The van der Waals surface area contributed by atoms with Crippen molar-refractivity contribution in [2.75, 3.05) is 25.0 Å². The molecule has 6 heteroatoms. The van der Waals surface area contributed by atoms with Crippen LogP contribution >= 0.6 is 0 Å². The van der Waals surface area contributed by atoms with Crippen LogP contribution in [0.25, 0.3) is 0 Å². The van der Waals surface area contributed by atoms with Gasteiger partial charge in [0.05, 0.1) is 12.2 Å². The number of hydrogen-bond donors (Lipinski definition) is 2. The molecule has 1 aromatic heterocycles. The van der Waals surface area contributed by atoms with Crippen molar-refractivity contribution in [2.45, 2.75) is 45.6 Å². The van der Waals surface area contributed by atoms with Gasteiger partial charge in [0.25, 0.3) is 0 Å². The monoisotopic (exact) mass is 395 g/mol. The van der Waals surface area contributed by atoms with Crippen LogP contribution in [0.15, 0.2) is 30.3 Å². The third-order valence-electron chi connectivity index (χ3n) is 6.18. The van der Waals surface area contributed by atoms with Gasteiger partial charge in [0.2, 0.25) is 5.91 Å². The number of anilines is 1. The van der Waals surface area contributed by atoms with Crippen molar-refractivity contribution in [3.8, 4) is 5.75 Å². The van der Waals surface area contributed by atoms with E-state index in [2.05, 4.69) is 21.7 Å². The smallest absolute Gasteiger partial charge is 0.227 e. The molecule has 2 aromatic rings. The average Bonchev–Trinajstić information content (AvgIpc) is 3.48. The van der Waals surface area contributed by atoms with Gasteiger partial charge in [-0.1, -0.05) is 12.1 Å². The lowest BCUT2D eigenvalue weighted by Gasteiger charge is -2.30. The van der Waals surface area contributed by atoms with Gasteiger partial charge >= 0.3 is 0 Å². The van der Waals surface area contributed by atoms with E-state index in [0.717, 1.165) is 24.3 Å². The predicted octanol–water partition coefficient (Wildman–Crippen LogP) is 3.68. The number of Topliss-reactive ketones (excluding diaryl/α,β-unsaturated/α-hetero) is 1. The first-order valence-electron chi connectivity index (χ1n) is 10.5. The van der Waals surface area contributed by atoms with Gasteiger partial charge in [-0.2, -0.15) is 0 Å². The number of benzene rings is 1. The zero-order valence-corrected chi connectivity index (χ0v) is 17.1. The number of rotatable bonds is 6. The van der Waals surface area contributed by atoms with E-state index in [9.17, 15) is 14.7 Å². The number of para-hydroxylation sites is 2. The Bertz CT molecular complexity index is 921. The Kier molecular flexibility index (Phi) is 5.46. The van der Waals surface area contributed by atoms with Crippen LogP contribution in [0, 0.1) is 19.8 Å². The molecule has 4 rings (SSSR count). The highest BCUT2D eigenvalue weighted by Crippen LogP contribution is 2.38. The zero-order valence-electron chi connectivity index (χ0n) is 17.1. The Morgan fingerprint density at radius 2 is 1.79 bits per heavy atom. The second-order valence-electron chi connectivity index (χ2n) is 8.37. The summed E-state index contributed by atoms with van der Waals surface area (Å²) in [5.41, 5.74) is 3.55. The molecule has 1 saturated carbocycles. The van der Waals surface area contributed by atoms with Crippen molar-refractivity contribution in [3.05, 3.63) is 47.3 Å². The Morgan fingerprint density at radius 3 is 2.45 bits per heavy atom. The molecule has 1 aliphatic carbocycles. The maximum Gasteiger partial charge on any atom is 0.227 e. The van der Waals surface area contributed by atoms with Crippen molar-refractivity contribution in [1.29, 1.82) is 0 Å². The molecule has 1 aromatic carbocycles. The normalized spacial score (nSPS) is 18.0. The van der Waals surface area contributed by atoms with Crippen molar-refractivity contribution in [3.63, 3.8) is 0 Å². The van der Waals surface area contributed by atoms with E-state index in [-0.39, 0.29) is 23.4 Å². The molecule has 0 spiro atoms. The van der Waals surface area contributed by atoms with Crippen molar-refractivity contribution < 1.29 is 14.7 Å². The van der Waals surface area contributed by atoms with Crippen LogP contribution in [0.5, 0.6) is 5.75 Å². The number of nitrogens with zero attached hydrogens (tertiary/aromatic N) is 2. The minimum atomic E-state index is -0.0964. The average molecular weight is 396 g/mol. The Hall–Kier alpha value is -2.60. The van der Waals surface area contributed by atoms with Crippen LogP contribution in [-0.2, 0) is 4.79 Å². The van der Waals surface area contributed by atoms with Crippen LogP contribution in [0.4, 0.5) is 5.69 Å². The first-order chi connectivity index (χ1) is 13.9. The van der Waals surface area contributed by atoms with Gasteiger partial charge in [0.1, 0.15) is 5.75 Å². The quantitative estimate of drug-likeness (QED) is 0.578. The van der Waals surface area contributed by atoms with Crippen LogP contribution in [0.3, 0.4) is 0 Å². The summed E-state index contributed by atoms with van der Waals surface area (Å²) in [5.74, 6) is 0.0844. The van der Waals surface area contributed by atoms with Gasteiger partial charge in [0, 0.05) is 28.9 Å². The number of hydrogen-bond acceptors (Lipinski definition) is 4. The van der Waals surface area contributed by atoms with E-state index in [1.165, 1.54) is 18.5 Å². The van der Waals surface area contributed by atoms with Gasteiger partial charge in [-0.3, -0.25) is 14.5 Å². The molecule has 2 aliphatic rings. The summed E-state index contributed by atoms with van der Waals surface area (Å²) in [7, 11) is 0. The van der Waals surface area contributed by atoms with Gasteiger partial charge in [-0.15, -0.1) is 0 Å². The molecule has 6 nitrogen and oxygen atoms in total. The highest BCUT2D eigenvalue weighted by Gasteiger charge is 2.30.